The highest BCUT2D eigenvalue weighted by Crippen LogP contribution is 2.28. The van der Waals surface area contributed by atoms with Gasteiger partial charge in [-0.25, -0.2) is 4.39 Å². The zero-order valence-corrected chi connectivity index (χ0v) is 27.8. The SMILES string of the molecule is C1CC1.C1CC1.C=CN.CC(C)(C)C(C)(C)O.COC.Cc1cccc(F)c1CC=O.Cc1cccc2ccccc12. The van der Waals surface area contributed by atoms with E-state index in [1.165, 1.54) is 67.1 Å². The lowest BCUT2D eigenvalue weighted by Crippen LogP contribution is -2.35. The van der Waals surface area contributed by atoms with E-state index in [1.54, 1.807) is 33.3 Å². The van der Waals surface area contributed by atoms with Crippen molar-refractivity contribution < 1.29 is 19.0 Å². The van der Waals surface area contributed by atoms with Gasteiger partial charge in [-0.2, -0.15) is 0 Å². The number of ether oxygens (including phenoxy) is 1. The molecule has 5 rings (SSSR count). The van der Waals surface area contributed by atoms with Crippen molar-refractivity contribution in [3.8, 4) is 0 Å². The van der Waals surface area contributed by atoms with Gasteiger partial charge >= 0.3 is 0 Å². The molecular weight excluding hydrogens is 525 g/mol. The molecule has 0 radical (unpaired) electrons. The third-order valence-corrected chi connectivity index (χ3v) is 6.19. The van der Waals surface area contributed by atoms with Crippen LogP contribution in [0.5, 0.6) is 0 Å². The number of benzene rings is 3. The van der Waals surface area contributed by atoms with Gasteiger partial charge in [0.2, 0.25) is 0 Å². The molecule has 3 aromatic carbocycles. The van der Waals surface area contributed by atoms with Crippen LogP contribution in [0.4, 0.5) is 4.39 Å². The molecule has 0 amide bonds. The molecule has 0 saturated heterocycles. The molecule has 0 unspecified atom stereocenters. The number of fused-ring (bicyclic) bond motifs is 1. The summed E-state index contributed by atoms with van der Waals surface area (Å²) in [5, 5.41) is 12.0. The molecule has 0 heterocycles. The highest BCUT2D eigenvalue weighted by molar-refractivity contribution is 5.85. The fourth-order valence-corrected chi connectivity index (χ4v) is 2.40. The molecule has 2 saturated carbocycles. The van der Waals surface area contributed by atoms with E-state index >= 15 is 0 Å². The Morgan fingerprint density at radius 1 is 0.833 bits per heavy atom. The summed E-state index contributed by atoms with van der Waals surface area (Å²) in [7, 11) is 3.25. The first-order chi connectivity index (χ1) is 19.7. The number of nitrogens with two attached hydrogens (primary N) is 1. The van der Waals surface area contributed by atoms with Crippen LogP contribution in [-0.2, 0) is 16.0 Å². The summed E-state index contributed by atoms with van der Waals surface area (Å²) in [4.78, 5) is 10.1. The number of rotatable bonds is 2. The molecule has 0 bridgehead atoms. The van der Waals surface area contributed by atoms with Crippen molar-refractivity contribution in [3.63, 3.8) is 0 Å². The second-order valence-corrected chi connectivity index (χ2v) is 11.8. The number of halogens is 1. The standard InChI is InChI=1S/C11H10.C9H9FO.C7H16O.2C3H6.C2H5N.C2H6O/c1-9-5-4-7-10-6-2-3-8-11(9)10;1-7-3-2-4-9(10)8(7)5-6-11;1-6(2,3)7(4,5)8;2*1-2-3-1;1-2-3;1-3-2/h2-8H,1H3;2-4,6H,5H2,1H3;8H,1-5H3;2*1-3H2;2H,1,3H2;1-2H3. The van der Waals surface area contributed by atoms with Crippen LogP contribution in [0.25, 0.3) is 10.8 Å². The van der Waals surface area contributed by atoms with Crippen molar-refractivity contribution in [1.82, 2.24) is 0 Å². The molecule has 4 nitrogen and oxygen atoms in total. The Bertz CT molecular complexity index is 1060. The van der Waals surface area contributed by atoms with Gasteiger partial charge in [-0.15, -0.1) is 0 Å². The quantitative estimate of drug-likeness (QED) is 0.295. The fourth-order valence-electron chi connectivity index (χ4n) is 2.40. The van der Waals surface area contributed by atoms with Crippen LogP contribution in [0.15, 0.2) is 73.4 Å². The van der Waals surface area contributed by atoms with Crippen molar-refractivity contribution in [3.05, 3.63) is 96.0 Å². The van der Waals surface area contributed by atoms with E-state index < -0.39 is 5.60 Å². The van der Waals surface area contributed by atoms with Crippen molar-refractivity contribution in [2.24, 2.45) is 11.1 Å². The van der Waals surface area contributed by atoms with Crippen LogP contribution in [0.2, 0.25) is 0 Å². The molecule has 0 aliphatic heterocycles. The highest BCUT2D eigenvalue weighted by Gasteiger charge is 2.29. The van der Waals surface area contributed by atoms with Crippen molar-refractivity contribution in [2.45, 2.75) is 99.0 Å². The molecular formula is C37H58FNO3. The number of methoxy groups -OCH3 is 1. The van der Waals surface area contributed by atoms with E-state index in [9.17, 15) is 14.3 Å². The van der Waals surface area contributed by atoms with E-state index in [0.717, 1.165) is 5.56 Å². The maximum Gasteiger partial charge on any atom is 0.127 e. The summed E-state index contributed by atoms with van der Waals surface area (Å²) in [5.41, 5.74) is 6.72. The van der Waals surface area contributed by atoms with Crippen molar-refractivity contribution in [2.75, 3.05) is 14.2 Å². The van der Waals surface area contributed by atoms with Crippen molar-refractivity contribution in [1.29, 1.82) is 0 Å². The van der Waals surface area contributed by atoms with E-state index in [1.807, 2.05) is 34.6 Å². The first kappa shape index (κ1) is 41.1. The van der Waals surface area contributed by atoms with E-state index in [0.29, 0.717) is 11.8 Å². The average molecular weight is 584 g/mol. The minimum atomic E-state index is -0.562. The summed E-state index contributed by atoms with van der Waals surface area (Å²) in [6, 6.07) is 19.6. The normalized spacial score (nSPS) is 12.1. The number of hydrogen-bond acceptors (Lipinski definition) is 4. The van der Waals surface area contributed by atoms with E-state index in [-0.39, 0.29) is 17.7 Å². The third kappa shape index (κ3) is 22.6. The summed E-state index contributed by atoms with van der Waals surface area (Å²) in [5.74, 6) is -0.294. The van der Waals surface area contributed by atoms with Gasteiger partial charge in [0.25, 0.3) is 0 Å². The first-order valence-electron chi connectivity index (χ1n) is 14.8. The monoisotopic (exact) mass is 583 g/mol. The molecule has 3 aromatic rings. The molecule has 2 fully saturated rings. The molecule has 2 aliphatic rings. The van der Waals surface area contributed by atoms with Gasteiger partial charge in [0, 0.05) is 20.6 Å². The molecule has 3 N–H and O–H groups in total. The van der Waals surface area contributed by atoms with Crippen LogP contribution >= 0.6 is 0 Å². The second kappa shape index (κ2) is 23.5. The largest absolute Gasteiger partial charge is 0.405 e. The lowest BCUT2D eigenvalue weighted by Gasteiger charge is -2.33. The number of aryl methyl sites for hydroxylation is 2. The molecule has 42 heavy (non-hydrogen) atoms. The molecule has 0 spiro atoms. The topological polar surface area (TPSA) is 72.6 Å². The van der Waals surface area contributed by atoms with Gasteiger partial charge in [0.05, 0.1) is 5.60 Å². The van der Waals surface area contributed by atoms with Gasteiger partial charge < -0.3 is 20.4 Å². The highest BCUT2D eigenvalue weighted by atomic mass is 19.1. The minimum Gasteiger partial charge on any atom is -0.405 e. The maximum absolute atomic E-state index is 12.9. The maximum atomic E-state index is 12.9. The Kier molecular flexibility index (Phi) is 23.0. The van der Waals surface area contributed by atoms with Crippen molar-refractivity contribution >= 4 is 17.1 Å². The number of aliphatic hydroxyl groups is 1. The number of hydrogen-bond donors (Lipinski definition) is 2. The predicted molar refractivity (Wildman–Crippen MR) is 180 cm³/mol. The van der Waals surface area contributed by atoms with Crippen LogP contribution in [0, 0.1) is 25.1 Å². The second-order valence-electron chi connectivity index (χ2n) is 11.8. The zero-order valence-electron chi connectivity index (χ0n) is 27.8. The summed E-state index contributed by atoms with van der Waals surface area (Å²) >= 11 is 0. The fraction of sp³-hybridized carbons (Fsp3) is 0.486. The van der Waals surface area contributed by atoms with Gasteiger partial charge in [0.1, 0.15) is 12.1 Å². The van der Waals surface area contributed by atoms with Crippen LogP contribution in [0.1, 0.15) is 89.8 Å². The summed E-state index contributed by atoms with van der Waals surface area (Å²) < 4.78 is 17.1. The van der Waals surface area contributed by atoms with E-state index in [2.05, 4.69) is 66.4 Å². The van der Waals surface area contributed by atoms with Gasteiger partial charge in [-0.3, -0.25) is 0 Å². The molecule has 236 valence electrons. The van der Waals surface area contributed by atoms with Crippen LogP contribution in [-0.4, -0.2) is 31.2 Å². The van der Waals surface area contributed by atoms with Crippen LogP contribution < -0.4 is 5.73 Å². The van der Waals surface area contributed by atoms with Gasteiger partial charge in [-0.05, 0) is 72.8 Å². The Hall–Kier alpha value is -3.02. The molecule has 2 aliphatic carbocycles. The van der Waals surface area contributed by atoms with Crippen LogP contribution in [0.3, 0.4) is 0 Å². The first-order valence-corrected chi connectivity index (χ1v) is 14.8. The molecule has 0 aromatic heterocycles. The van der Waals surface area contributed by atoms with Gasteiger partial charge in [-0.1, -0.05) is 120 Å². The molecule has 0 atom stereocenters. The van der Waals surface area contributed by atoms with E-state index in [4.69, 9.17) is 0 Å². The lowest BCUT2D eigenvalue weighted by atomic mass is 9.79. The Morgan fingerprint density at radius 2 is 1.21 bits per heavy atom. The van der Waals surface area contributed by atoms with Gasteiger partial charge in [0.15, 0.2) is 0 Å². The number of aldehydes is 1. The Balaban J connectivity index is 0. The predicted octanol–water partition coefficient (Wildman–Crippen LogP) is 9.52. The number of carbonyl (C=O) groups excluding carboxylic acids is 1. The lowest BCUT2D eigenvalue weighted by molar-refractivity contribution is -0.107. The molecule has 5 heteroatoms. The Labute approximate surface area is 256 Å². The smallest absolute Gasteiger partial charge is 0.127 e. The zero-order chi connectivity index (χ0) is 32.6. The minimum absolute atomic E-state index is 0.00694. The third-order valence-electron chi connectivity index (χ3n) is 6.19. The average Bonchev–Trinajstić information content (AvgIpc) is 3.80. The number of carbonyl (C=O) groups is 1. The summed E-state index contributed by atoms with van der Waals surface area (Å²) in [6.45, 7) is 16.8. The Morgan fingerprint density at radius 3 is 1.57 bits per heavy atom. The summed E-state index contributed by atoms with van der Waals surface area (Å²) in [6.07, 6.45) is 11.1.